The molecule has 1 N–H and O–H groups in total. The molecule has 0 bridgehead atoms. The van der Waals surface area contributed by atoms with Gasteiger partial charge in [0.1, 0.15) is 0 Å². The number of nitrogens with one attached hydrogen (secondary N) is 1. The highest BCUT2D eigenvalue weighted by atomic mass is 14.7. The van der Waals surface area contributed by atoms with Crippen LogP contribution in [0.1, 0.15) is 24.0 Å². The summed E-state index contributed by atoms with van der Waals surface area (Å²) in [4.78, 5) is 3.33. The minimum Gasteiger partial charge on any atom is -0.361 e. The Morgan fingerprint density at radius 3 is 2.53 bits per heavy atom. The van der Waals surface area contributed by atoms with Crippen molar-refractivity contribution >= 4 is 17.0 Å². The van der Waals surface area contributed by atoms with E-state index in [9.17, 15) is 0 Å². The average molecular weight is 247 g/mol. The van der Waals surface area contributed by atoms with Crippen molar-refractivity contribution in [2.45, 2.75) is 12.8 Å². The molecule has 1 heterocycles. The highest BCUT2D eigenvalue weighted by Crippen LogP contribution is 2.26. The van der Waals surface area contributed by atoms with Crippen molar-refractivity contribution in [2.24, 2.45) is 0 Å². The predicted molar refractivity (Wildman–Crippen MR) is 82.2 cm³/mol. The Kier molecular flexibility index (Phi) is 3.20. The maximum atomic E-state index is 3.33. The maximum absolute atomic E-state index is 3.33. The van der Waals surface area contributed by atoms with Crippen molar-refractivity contribution in [3.8, 4) is 0 Å². The third-order valence-corrected chi connectivity index (χ3v) is 3.49. The third kappa shape index (κ3) is 2.45. The largest absolute Gasteiger partial charge is 0.361 e. The lowest BCUT2D eigenvalue weighted by atomic mass is 9.99. The van der Waals surface area contributed by atoms with Gasteiger partial charge in [-0.1, -0.05) is 67.6 Å². The number of fused-ring (bicyclic) bond motifs is 1. The monoisotopic (exact) mass is 247 g/mol. The summed E-state index contributed by atoms with van der Waals surface area (Å²) in [6, 6.07) is 18.9. The van der Waals surface area contributed by atoms with E-state index in [0.29, 0.717) is 5.92 Å². The van der Waals surface area contributed by atoms with E-state index in [4.69, 9.17) is 0 Å². The molecule has 0 saturated heterocycles. The standard InChI is InChI=1S/C18H17N/c1-14(11-12-15-7-3-2-4-8-15)17-13-19-18-10-6-5-9-16(17)18/h2-14,19H,1H3/b12-11+/t14-/m1/s1. The summed E-state index contributed by atoms with van der Waals surface area (Å²) in [6.07, 6.45) is 6.56. The molecule has 0 unspecified atom stereocenters. The number of hydrogen-bond donors (Lipinski definition) is 1. The highest BCUT2D eigenvalue weighted by molar-refractivity contribution is 5.84. The number of hydrogen-bond acceptors (Lipinski definition) is 0. The molecule has 3 rings (SSSR count). The second-order valence-corrected chi connectivity index (χ2v) is 4.85. The Morgan fingerprint density at radius 2 is 1.68 bits per heavy atom. The molecule has 0 amide bonds. The van der Waals surface area contributed by atoms with Gasteiger partial charge in [-0.25, -0.2) is 0 Å². The van der Waals surface area contributed by atoms with Crippen molar-refractivity contribution in [1.29, 1.82) is 0 Å². The van der Waals surface area contributed by atoms with Gasteiger partial charge < -0.3 is 4.98 Å². The Bertz CT molecular complexity index is 692. The molecule has 2 aromatic carbocycles. The number of aromatic amines is 1. The molecule has 3 aromatic rings. The van der Waals surface area contributed by atoms with Crippen molar-refractivity contribution in [3.63, 3.8) is 0 Å². The van der Waals surface area contributed by atoms with Gasteiger partial charge in [-0.2, -0.15) is 0 Å². The van der Waals surface area contributed by atoms with Gasteiger partial charge in [0, 0.05) is 23.0 Å². The molecular formula is C18H17N. The summed E-state index contributed by atoms with van der Waals surface area (Å²) in [6.45, 7) is 2.23. The van der Waals surface area contributed by atoms with Gasteiger partial charge in [-0.3, -0.25) is 0 Å². The predicted octanol–water partition coefficient (Wildman–Crippen LogP) is 4.98. The molecule has 1 heteroatoms. The molecule has 1 nitrogen and oxygen atoms in total. The number of rotatable bonds is 3. The lowest BCUT2D eigenvalue weighted by molar-refractivity contribution is 0.984. The van der Waals surface area contributed by atoms with Crippen LogP contribution < -0.4 is 0 Å². The molecule has 0 aliphatic carbocycles. The first kappa shape index (κ1) is 11.8. The molecule has 0 spiro atoms. The zero-order chi connectivity index (χ0) is 13.1. The van der Waals surface area contributed by atoms with Crippen LogP contribution in [-0.4, -0.2) is 4.98 Å². The molecule has 1 atom stereocenters. The molecule has 94 valence electrons. The van der Waals surface area contributed by atoms with Crippen molar-refractivity contribution in [3.05, 3.63) is 78.0 Å². The molecule has 0 aliphatic heterocycles. The maximum Gasteiger partial charge on any atom is 0.0457 e. The first-order valence-electron chi connectivity index (χ1n) is 6.64. The summed E-state index contributed by atoms with van der Waals surface area (Å²) >= 11 is 0. The van der Waals surface area contributed by atoms with Crippen molar-refractivity contribution in [2.75, 3.05) is 0 Å². The summed E-state index contributed by atoms with van der Waals surface area (Å²) in [5.74, 6) is 0.399. The van der Waals surface area contributed by atoms with Crippen LogP contribution in [0, 0.1) is 0 Å². The van der Waals surface area contributed by atoms with Gasteiger partial charge in [0.15, 0.2) is 0 Å². The summed E-state index contributed by atoms with van der Waals surface area (Å²) in [7, 11) is 0. The van der Waals surface area contributed by atoms with Crippen molar-refractivity contribution in [1.82, 2.24) is 4.98 Å². The van der Waals surface area contributed by atoms with Crippen LogP contribution in [0.2, 0.25) is 0 Å². The Balaban J connectivity index is 1.88. The Morgan fingerprint density at radius 1 is 0.947 bits per heavy atom. The molecule has 0 aliphatic rings. The minimum atomic E-state index is 0.399. The third-order valence-electron chi connectivity index (χ3n) is 3.49. The van der Waals surface area contributed by atoms with Crippen LogP contribution in [-0.2, 0) is 0 Å². The van der Waals surface area contributed by atoms with E-state index >= 15 is 0 Å². The van der Waals surface area contributed by atoms with Crippen molar-refractivity contribution < 1.29 is 0 Å². The normalized spacial score (nSPS) is 13.1. The highest BCUT2D eigenvalue weighted by Gasteiger charge is 2.07. The van der Waals surface area contributed by atoms with Crippen LogP contribution in [0.25, 0.3) is 17.0 Å². The number of H-pyrrole nitrogens is 1. The van der Waals surface area contributed by atoms with E-state index in [2.05, 4.69) is 78.8 Å². The fraction of sp³-hybridized carbons (Fsp3) is 0.111. The zero-order valence-corrected chi connectivity index (χ0v) is 11.0. The first-order valence-corrected chi connectivity index (χ1v) is 6.64. The van der Waals surface area contributed by atoms with E-state index in [-0.39, 0.29) is 0 Å². The lowest BCUT2D eigenvalue weighted by Gasteiger charge is -2.04. The van der Waals surface area contributed by atoms with Crippen LogP contribution in [0.3, 0.4) is 0 Å². The summed E-state index contributed by atoms with van der Waals surface area (Å²) < 4.78 is 0. The van der Waals surface area contributed by atoms with Gasteiger partial charge in [0.2, 0.25) is 0 Å². The average Bonchev–Trinajstić information content (AvgIpc) is 2.90. The van der Waals surface area contributed by atoms with Gasteiger partial charge in [-0.05, 0) is 17.2 Å². The van der Waals surface area contributed by atoms with E-state index < -0.39 is 0 Å². The van der Waals surface area contributed by atoms with E-state index in [1.807, 2.05) is 6.07 Å². The lowest BCUT2D eigenvalue weighted by Crippen LogP contribution is -1.86. The number of benzene rings is 2. The topological polar surface area (TPSA) is 15.8 Å². The van der Waals surface area contributed by atoms with Crippen LogP contribution in [0.4, 0.5) is 0 Å². The second kappa shape index (κ2) is 5.15. The smallest absolute Gasteiger partial charge is 0.0457 e. The summed E-state index contributed by atoms with van der Waals surface area (Å²) in [5.41, 5.74) is 3.80. The SMILES string of the molecule is C[C@H](/C=C/c1ccccc1)c1c[nH]c2ccccc12. The Labute approximate surface area is 113 Å². The molecule has 0 fully saturated rings. The van der Waals surface area contributed by atoms with Crippen LogP contribution >= 0.6 is 0 Å². The van der Waals surface area contributed by atoms with Crippen LogP contribution in [0.15, 0.2) is 66.9 Å². The van der Waals surface area contributed by atoms with Gasteiger partial charge in [0.25, 0.3) is 0 Å². The van der Waals surface area contributed by atoms with E-state index in [1.54, 1.807) is 0 Å². The van der Waals surface area contributed by atoms with Gasteiger partial charge in [0.05, 0.1) is 0 Å². The molecule has 0 radical (unpaired) electrons. The fourth-order valence-electron chi connectivity index (χ4n) is 2.39. The van der Waals surface area contributed by atoms with Gasteiger partial charge in [-0.15, -0.1) is 0 Å². The number of allylic oxidation sites excluding steroid dienone is 1. The summed E-state index contributed by atoms with van der Waals surface area (Å²) in [5, 5.41) is 1.31. The molecular weight excluding hydrogens is 230 g/mol. The van der Waals surface area contributed by atoms with Crippen LogP contribution in [0.5, 0.6) is 0 Å². The second-order valence-electron chi connectivity index (χ2n) is 4.85. The molecule has 1 aromatic heterocycles. The first-order chi connectivity index (χ1) is 9.34. The molecule has 19 heavy (non-hydrogen) atoms. The minimum absolute atomic E-state index is 0.399. The number of para-hydroxylation sites is 1. The quantitative estimate of drug-likeness (QED) is 0.671. The fourth-order valence-corrected chi connectivity index (χ4v) is 2.39. The van der Waals surface area contributed by atoms with E-state index in [1.165, 1.54) is 22.0 Å². The Hall–Kier alpha value is -2.28. The van der Waals surface area contributed by atoms with Gasteiger partial charge >= 0.3 is 0 Å². The van der Waals surface area contributed by atoms with E-state index in [0.717, 1.165) is 0 Å². The zero-order valence-electron chi connectivity index (χ0n) is 11.0. The number of aromatic nitrogens is 1. The molecule has 0 saturated carbocycles.